The minimum atomic E-state index is -0.116. The second kappa shape index (κ2) is 7.74. The Morgan fingerprint density at radius 1 is 1.16 bits per heavy atom. The lowest BCUT2D eigenvalue weighted by Crippen LogP contribution is -3.11. The second-order valence-electron chi connectivity index (χ2n) is 5.81. The van der Waals surface area contributed by atoms with E-state index in [0.29, 0.717) is 13.4 Å². The topological polar surface area (TPSA) is 47.2 Å². The highest BCUT2D eigenvalue weighted by Crippen LogP contribution is 2.19. The van der Waals surface area contributed by atoms with Gasteiger partial charge in [0.1, 0.15) is 10.3 Å². The molecule has 5 nitrogen and oxygen atoms in total. The monoisotopic (exact) mass is 393 g/mol. The maximum atomic E-state index is 13.0. The molecule has 2 aromatic heterocycles. The number of rotatable bonds is 6. The predicted molar refractivity (Wildman–Crippen MR) is 108 cm³/mol. The molecule has 0 fully saturated rings. The molecule has 0 unspecified atom stereocenters. The van der Waals surface area contributed by atoms with Crippen LogP contribution in [0.4, 0.5) is 0 Å². The molecule has 3 rings (SSSR count). The van der Waals surface area contributed by atoms with Gasteiger partial charge in [0.05, 0.1) is 31.9 Å². The van der Waals surface area contributed by atoms with Crippen molar-refractivity contribution in [3.8, 4) is 5.69 Å². The summed E-state index contributed by atoms with van der Waals surface area (Å²) < 4.78 is 5.25. The number of aromatic amines is 1. The number of likely N-dealkylation sites (N-methyl/N-ethyl adjacent to an activating group) is 1. The van der Waals surface area contributed by atoms with Crippen LogP contribution in [0, 0.1) is 8.73 Å². The zero-order chi connectivity index (χ0) is 18.0. The van der Waals surface area contributed by atoms with Gasteiger partial charge in [-0.2, -0.15) is 0 Å². The van der Waals surface area contributed by atoms with Crippen LogP contribution in [0.3, 0.4) is 0 Å². The first-order valence-electron chi connectivity index (χ1n) is 8.34. The fourth-order valence-corrected chi connectivity index (χ4v) is 4.53. The van der Waals surface area contributed by atoms with Crippen LogP contribution in [-0.2, 0) is 6.54 Å². The summed E-state index contributed by atoms with van der Waals surface area (Å²) in [6.07, 6.45) is 0. The zero-order valence-electron chi connectivity index (χ0n) is 14.2. The van der Waals surface area contributed by atoms with Gasteiger partial charge in [0.2, 0.25) is 0 Å². The largest absolute Gasteiger partial charge is 0.334 e. The van der Waals surface area contributed by atoms with Crippen molar-refractivity contribution in [3.63, 3.8) is 0 Å². The highest BCUT2D eigenvalue weighted by molar-refractivity contribution is 7.73. The molecular formula is C17H21N4OS3+. The molecule has 2 heterocycles. The van der Waals surface area contributed by atoms with E-state index in [1.54, 1.807) is 0 Å². The third-order valence-electron chi connectivity index (χ3n) is 4.42. The summed E-state index contributed by atoms with van der Waals surface area (Å²) in [5.41, 5.74) is 1.38. The molecule has 1 aromatic carbocycles. The van der Waals surface area contributed by atoms with E-state index in [1.807, 2.05) is 34.9 Å². The first kappa shape index (κ1) is 18.2. The molecule has 0 atom stereocenters. The van der Waals surface area contributed by atoms with Crippen LogP contribution < -0.4 is 10.5 Å². The van der Waals surface area contributed by atoms with Crippen LogP contribution in [0.15, 0.2) is 35.1 Å². The van der Waals surface area contributed by atoms with Crippen molar-refractivity contribution in [1.82, 2.24) is 14.1 Å². The van der Waals surface area contributed by atoms with E-state index in [2.05, 4.69) is 18.8 Å². The lowest BCUT2D eigenvalue weighted by Gasteiger charge is -2.15. The van der Waals surface area contributed by atoms with Gasteiger partial charge in [-0.05, 0) is 50.4 Å². The molecule has 8 heteroatoms. The smallest absolute Gasteiger partial charge is 0.278 e. The number of hydrogen-bond acceptors (Lipinski definition) is 4. The van der Waals surface area contributed by atoms with Gasteiger partial charge in [-0.1, -0.05) is 29.5 Å². The van der Waals surface area contributed by atoms with Gasteiger partial charge in [0.15, 0.2) is 8.73 Å². The van der Waals surface area contributed by atoms with Gasteiger partial charge in [0.25, 0.3) is 5.56 Å². The number of quaternary nitrogens is 1. The van der Waals surface area contributed by atoms with Gasteiger partial charge in [-0.25, -0.2) is 0 Å². The van der Waals surface area contributed by atoms with Gasteiger partial charge < -0.3 is 14.5 Å². The van der Waals surface area contributed by atoms with Crippen LogP contribution in [0.25, 0.3) is 16.0 Å². The van der Waals surface area contributed by atoms with E-state index in [4.69, 9.17) is 24.4 Å². The molecule has 0 aliphatic carbocycles. The number of thiazole rings is 1. The first-order valence-corrected chi connectivity index (χ1v) is 9.97. The first-order chi connectivity index (χ1) is 12.1. The van der Waals surface area contributed by atoms with Crippen LogP contribution in [0.5, 0.6) is 0 Å². The van der Waals surface area contributed by atoms with E-state index in [0.717, 1.165) is 37.5 Å². The maximum Gasteiger partial charge on any atom is 0.278 e. The van der Waals surface area contributed by atoms with Gasteiger partial charge in [-0.3, -0.25) is 9.36 Å². The van der Waals surface area contributed by atoms with Crippen LogP contribution in [0.2, 0.25) is 0 Å². The third-order valence-corrected chi connectivity index (χ3v) is 6.15. The van der Waals surface area contributed by atoms with E-state index < -0.39 is 0 Å². The van der Waals surface area contributed by atoms with Crippen molar-refractivity contribution in [1.29, 1.82) is 0 Å². The Hall–Kier alpha value is -1.61. The average molecular weight is 394 g/mol. The summed E-state index contributed by atoms with van der Waals surface area (Å²) in [7, 11) is 0. The number of hydrogen-bond donors (Lipinski definition) is 2. The van der Waals surface area contributed by atoms with Crippen molar-refractivity contribution < 1.29 is 4.90 Å². The number of fused-ring (bicyclic) bond motifs is 1. The van der Waals surface area contributed by atoms with Crippen LogP contribution in [0.1, 0.15) is 13.8 Å². The van der Waals surface area contributed by atoms with Crippen molar-refractivity contribution in [2.24, 2.45) is 0 Å². The van der Waals surface area contributed by atoms with Gasteiger partial charge in [-0.15, -0.1) is 0 Å². The number of nitrogens with zero attached hydrogens (tertiary/aromatic N) is 2. The Morgan fingerprint density at radius 2 is 1.84 bits per heavy atom. The molecule has 0 amide bonds. The van der Waals surface area contributed by atoms with E-state index in [-0.39, 0.29) is 5.56 Å². The Bertz CT molecular complexity index is 1040. The SMILES string of the molecule is CC[NH+](CC)CCn1c(=S)sc2c(=O)n(-c3ccccc3)c(=S)[nH]c21. The Balaban J connectivity index is 2.12. The molecule has 2 N–H and O–H groups in total. The third kappa shape index (κ3) is 3.52. The summed E-state index contributed by atoms with van der Waals surface area (Å²) in [5.74, 6) is 0. The maximum absolute atomic E-state index is 13.0. The Morgan fingerprint density at radius 3 is 2.48 bits per heavy atom. The van der Waals surface area contributed by atoms with Crippen LogP contribution in [-0.4, -0.2) is 33.8 Å². The van der Waals surface area contributed by atoms with Crippen LogP contribution >= 0.6 is 35.8 Å². The van der Waals surface area contributed by atoms with E-state index in [1.165, 1.54) is 20.8 Å². The molecule has 0 bridgehead atoms. The molecule has 3 aromatic rings. The van der Waals surface area contributed by atoms with Gasteiger partial charge >= 0.3 is 0 Å². The average Bonchev–Trinajstić information content (AvgIpc) is 2.93. The van der Waals surface area contributed by atoms with Crippen molar-refractivity contribution in [3.05, 3.63) is 49.4 Å². The summed E-state index contributed by atoms with van der Waals surface area (Å²) in [6, 6.07) is 9.44. The van der Waals surface area contributed by atoms with Gasteiger partial charge in [0, 0.05) is 0 Å². The van der Waals surface area contributed by atoms with Crippen molar-refractivity contribution in [2.45, 2.75) is 20.4 Å². The van der Waals surface area contributed by atoms with E-state index >= 15 is 0 Å². The summed E-state index contributed by atoms with van der Waals surface area (Å²) in [4.78, 5) is 17.7. The fraction of sp³-hybridized carbons (Fsp3) is 0.353. The standard InChI is InChI=1S/C17H20N4OS3/c1-3-19(4-2)10-11-20-14-13(25-17(20)24)15(22)21(16(23)18-14)12-8-6-5-7-9-12/h5-9H,3-4,10-11H2,1-2H3,(H,18,23)/p+1. The highest BCUT2D eigenvalue weighted by Gasteiger charge is 2.14. The molecule has 0 saturated heterocycles. The molecule has 0 aliphatic rings. The summed E-state index contributed by atoms with van der Waals surface area (Å²) in [6.45, 7) is 8.24. The lowest BCUT2D eigenvalue weighted by molar-refractivity contribution is -0.897. The zero-order valence-corrected chi connectivity index (χ0v) is 16.7. The Kier molecular flexibility index (Phi) is 5.63. The van der Waals surface area contributed by atoms with Crippen molar-refractivity contribution in [2.75, 3.05) is 19.6 Å². The summed E-state index contributed by atoms with van der Waals surface area (Å²) >= 11 is 12.3. The molecule has 0 spiro atoms. The minimum absolute atomic E-state index is 0.116. The molecular weight excluding hydrogens is 372 g/mol. The Labute approximate surface area is 160 Å². The number of para-hydroxylation sites is 1. The minimum Gasteiger partial charge on any atom is -0.334 e. The molecule has 0 radical (unpaired) electrons. The number of aromatic nitrogens is 3. The lowest BCUT2D eigenvalue weighted by atomic mass is 10.3. The quantitative estimate of drug-likeness (QED) is 0.633. The molecule has 25 heavy (non-hydrogen) atoms. The molecule has 0 aliphatic heterocycles. The number of benzene rings is 1. The fourth-order valence-electron chi connectivity index (χ4n) is 2.91. The normalized spacial score (nSPS) is 11.5. The highest BCUT2D eigenvalue weighted by atomic mass is 32.1. The second-order valence-corrected chi connectivity index (χ2v) is 7.84. The number of nitrogens with one attached hydrogen (secondary N) is 2. The number of H-pyrrole nitrogens is 1. The van der Waals surface area contributed by atoms with E-state index in [9.17, 15) is 4.79 Å². The van der Waals surface area contributed by atoms with Crippen molar-refractivity contribution >= 4 is 46.1 Å². The predicted octanol–water partition coefficient (Wildman–Crippen LogP) is 2.57. The molecule has 0 saturated carbocycles. The molecule has 132 valence electrons. The summed E-state index contributed by atoms with van der Waals surface area (Å²) in [5, 5.41) is 0.